The molecular weight excluding hydrogens is 336 g/mol. The van der Waals surface area contributed by atoms with Crippen LogP contribution in [-0.4, -0.2) is 52.3 Å². The normalized spacial score (nSPS) is 15.3. The smallest absolute Gasteiger partial charge is 0.305 e. The predicted octanol–water partition coefficient (Wildman–Crippen LogP) is 1.05. The van der Waals surface area contributed by atoms with Crippen molar-refractivity contribution in [2.75, 3.05) is 19.6 Å². The van der Waals surface area contributed by atoms with Gasteiger partial charge in [0.25, 0.3) is 5.91 Å². The lowest BCUT2D eigenvalue weighted by Crippen LogP contribution is -2.32. The quantitative estimate of drug-likeness (QED) is 0.681. The molecule has 140 valence electrons. The first-order valence-corrected chi connectivity index (χ1v) is 8.82. The van der Waals surface area contributed by atoms with Crippen LogP contribution in [0.5, 0.6) is 0 Å². The van der Waals surface area contributed by atoms with Crippen molar-refractivity contribution in [2.45, 2.75) is 32.0 Å². The molecule has 8 nitrogen and oxygen atoms in total. The molecule has 0 radical (unpaired) electrons. The number of carbonyl (C=O) groups is 2. The van der Waals surface area contributed by atoms with Gasteiger partial charge in [-0.15, -0.1) is 0 Å². The molecule has 2 heterocycles. The highest BCUT2D eigenvalue weighted by atomic mass is 16.5. The zero-order chi connectivity index (χ0) is 18.5. The Morgan fingerprint density at radius 3 is 2.88 bits per heavy atom. The van der Waals surface area contributed by atoms with Crippen molar-refractivity contribution in [1.29, 1.82) is 0 Å². The van der Waals surface area contributed by atoms with Gasteiger partial charge < -0.3 is 25.0 Å². The number of nitrogens with one attached hydrogen (secondary N) is 2. The Labute approximate surface area is 151 Å². The van der Waals surface area contributed by atoms with Crippen LogP contribution in [-0.2, 0) is 23.2 Å². The van der Waals surface area contributed by atoms with Crippen LogP contribution in [0, 0.1) is 0 Å². The molecule has 0 bridgehead atoms. The maximum Gasteiger partial charge on any atom is 0.305 e. The first-order valence-electron chi connectivity index (χ1n) is 8.82. The Morgan fingerprint density at radius 2 is 2.15 bits per heavy atom. The van der Waals surface area contributed by atoms with Crippen molar-refractivity contribution in [3.05, 3.63) is 29.6 Å². The number of hydrogen-bond donors (Lipinski definition) is 3. The molecule has 2 aromatic rings. The summed E-state index contributed by atoms with van der Waals surface area (Å²) in [6.07, 6.45) is 2.16. The minimum absolute atomic E-state index is 0.101. The number of carboxylic acids is 1. The zero-order valence-corrected chi connectivity index (χ0v) is 14.8. The van der Waals surface area contributed by atoms with Crippen LogP contribution in [0.4, 0.5) is 0 Å². The fourth-order valence-electron chi connectivity index (χ4n) is 3.06. The van der Waals surface area contributed by atoms with E-state index in [2.05, 4.69) is 15.6 Å². The third-order valence-electron chi connectivity index (χ3n) is 4.59. The number of carboxylic acid groups (broad SMARTS) is 1. The summed E-state index contributed by atoms with van der Waals surface area (Å²) in [5, 5.41) is 14.5. The Kier molecular flexibility index (Phi) is 5.85. The van der Waals surface area contributed by atoms with Crippen molar-refractivity contribution >= 4 is 22.9 Å². The van der Waals surface area contributed by atoms with E-state index >= 15 is 0 Å². The fraction of sp³-hybridized carbons (Fsp3) is 0.500. The van der Waals surface area contributed by atoms with Gasteiger partial charge >= 0.3 is 5.97 Å². The van der Waals surface area contributed by atoms with E-state index in [4.69, 9.17) is 9.84 Å². The molecule has 1 aromatic heterocycles. The summed E-state index contributed by atoms with van der Waals surface area (Å²) in [6, 6.07) is 5.29. The summed E-state index contributed by atoms with van der Waals surface area (Å²) in [6.45, 7) is 2.50. The van der Waals surface area contributed by atoms with Crippen LogP contribution < -0.4 is 10.6 Å². The third kappa shape index (κ3) is 4.39. The molecule has 1 aromatic carbocycles. The van der Waals surface area contributed by atoms with Gasteiger partial charge in [-0.2, -0.15) is 0 Å². The van der Waals surface area contributed by atoms with E-state index in [0.717, 1.165) is 42.8 Å². The lowest BCUT2D eigenvalue weighted by atomic mass is 10.1. The van der Waals surface area contributed by atoms with Gasteiger partial charge in [-0.3, -0.25) is 9.59 Å². The molecule has 1 saturated heterocycles. The summed E-state index contributed by atoms with van der Waals surface area (Å²) in [4.78, 5) is 27.2. The summed E-state index contributed by atoms with van der Waals surface area (Å²) in [5.74, 6) is -0.419. The highest BCUT2D eigenvalue weighted by molar-refractivity contribution is 5.97. The average molecular weight is 360 g/mol. The number of ether oxygens (including phenoxy) is 1. The molecule has 0 atom stereocenters. The van der Waals surface area contributed by atoms with Crippen LogP contribution in [0.2, 0.25) is 0 Å². The summed E-state index contributed by atoms with van der Waals surface area (Å²) >= 11 is 0. The van der Waals surface area contributed by atoms with Gasteiger partial charge in [0.15, 0.2) is 0 Å². The number of carbonyl (C=O) groups excluding carboxylic acids is 1. The largest absolute Gasteiger partial charge is 0.481 e. The second-order valence-corrected chi connectivity index (χ2v) is 6.45. The summed E-state index contributed by atoms with van der Waals surface area (Å²) < 4.78 is 7.95. The maximum atomic E-state index is 12.1. The first-order chi connectivity index (χ1) is 12.5. The van der Waals surface area contributed by atoms with Crippen LogP contribution in [0.25, 0.3) is 11.0 Å². The van der Waals surface area contributed by atoms with E-state index in [1.165, 1.54) is 0 Å². The van der Waals surface area contributed by atoms with Crippen molar-refractivity contribution < 1.29 is 19.4 Å². The lowest BCUT2D eigenvalue weighted by Gasteiger charge is -2.22. The predicted molar refractivity (Wildman–Crippen MR) is 96.0 cm³/mol. The summed E-state index contributed by atoms with van der Waals surface area (Å²) in [7, 11) is 1.93. The van der Waals surface area contributed by atoms with Gasteiger partial charge in [0.2, 0.25) is 0 Å². The monoisotopic (exact) mass is 360 g/mol. The number of fused-ring (bicyclic) bond motifs is 1. The lowest BCUT2D eigenvalue weighted by molar-refractivity contribution is -0.136. The standard InChI is InChI=1S/C18H24N4O4/c1-22-15-3-2-12(18(25)20-9-6-17(23)24)10-14(15)21-16(22)11-26-13-4-7-19-8-5-13/h2-3,10,13,19H,4-9,11H2,1H3,(H,20,25)(H,23,24). The van der Waals surface area contributed by atoms with E-state index in [1.54, 1.807) is 12.1 Å². The van der Waals surface area contributed by atoms with Crippen molar-refractivity contribution in [3.8, 4) is 0 Å². The number of rotatable bonds is 7. The number of piperidine rings is 1. The molecule has 1 aliphatic rings. The highest BCUT2D eigenvalue weighted by Crippen LogP contribution is 2.19. The number of benzene rings is 1. The average Bonchev–Trinajstić information content (AvgIpc) is 2.96. The second-order valence-electron chi connectivity index (χ2n) is 6.45. The zero-order valence-electron chi connectivity index (χ0n) is 14.8. The molecule has 8 heteroatoms. The Balaban J connectivity index is 1.67. The van der Waals surface area contributed by atoms with Crippen LogP contribution in [0.1, 0.15) is 35.4 Å². The van der Waals surface area contributed by atoms with Gasteiger partial charge in [0.05, 0.1) is 23.6 Å². The first kappa shape index (κ1) is 18.3. The van der Waals surface area contributed by atoms with Crippen LogP contribution >= 0.6 is 0 Å². The molecule has 0 saturated carbocycles. The second kappa shape index (κ2) is 8.29. The van der Waals surface area contributed by atoms with E-state index in [-0.39, 0.29) is 25.0 Å². The minimum Gasteiger partial charge on any atom is -0.481 e. The molecule has 0 aliphatic carbocycles. The van der Waals surface area contributed by atoms with E-state index in [1.807, 2.05) is 17.7 Å². The third-order valence-corrected chi connectivity index (χ3v) is 4.59. The van der Waals surface area contributed by atoms with Gasteiger partial charge in [-0.05, 0) is 44.1 Å². The van der Waals surface area contributed by atoms with Gasteiger partial charge in [-0.25, -0.2) is 4.98 Å². The Morgan fingerprint density at radius 1 is 1.38 bits per heavy atom. The molecule has 3 N–H and O–H groups in total. The molecule has 0 spiro atoms. The number of aromatic nitrogens is 2. The van der Waals surface area contributed by atoms with E-state index < -0.39 is 5.97 Å². The molecule has 1 amide bonds. The number of hydrogen-bond acceptors (Lipinski definition) is 5. The fourth-order valence-corrected chi connectivity index (χ4v) is 3.06. The molecule has 1 fully saturated rings. The molecular formula is C18H24N4O4. The maximum absolute atomic E-state index is 12.1. The number of aryl methyl sites for hydroxylation is 1. The molecule has 0 unspecified atom stereocenters. The Bertz CT molecular complexity index is 796. The summed E-state index contributed by atoms with van der Waals surface area (Å²) in [5.41, 5.74) is 2.12. The number of imidazole rings is 1. The van der Waals surface area contributed by atoms with Crippen molar-refractivity contribution in [2.24, 2.45) is 7.05 Å². The van der Waals surface area contributed by atoms with Crippen molar-refractivity contribution in [3.63, 3.8) is 0 Å². The van der Waals surface area contributed by atoms with Gasteiger partial charge in [-0.1, -0.05) is 0 Å². The topological polar surface area (TPSA) is 105 Å². The number of amides is 1. The van der Waals surface area contributed by atoms with Crippen LogP contribution in [0.15, 0.2) is 18.2 Å². The molecule has 26 heavy (non-hydrogen) atoms. The highest BCUT2D eigenvalue weighted by Gasteiger charge is 2.16. The molecule has 1 aliphatic heterocycles. The SMILES string of the molecule is Cn1c(COC2CCNCC2)nc2cc(C(=O)NCCC(=O)O)ccc21. The van der Waals surface area contributed by atoms with Gasteiger partial charge in [0, 0.05) is 19.2 Å². The number of nitrogens with zero attached hydrogens (tertiary/aromatic N) is 2. The van der Waals surface area contributed by atoms with Crippen molar-refractivity contribution in [1.82, 2.24) is 20.2 Å². The van der Waals surface area contributed by atoms with Gasteiger partial charge in [0.1, 0.15) is 12.4 Å². The minimum atomic E-state index is -0.941. The number of aliphatic carboxylic acids is 1. The Hall–Kier alpha value is -2.45. The van der Waals surface area contributed by atoms with E-state index in [9.17, 15) is 9.59 Å². The van der Waals surface area contributed by atoms with Crippen LogP contribution in [0.3, 0.4) is 0 Å². The van der Waals surface area contributed by atoms with E-state index in [0.29, 0.717) is 12.2 Å². The molecule has 3 rings (SSSR count).